The van der Waals surface area contributed by atoms with Crippen LogP contribution in [0.5, 0.6) is 0 Å². The standard InChI is InChI=1S/C7H15N.C6H15N.C6H13N.C5H13N/c1-6(2)7(3)8(4)5;1-6(2,3)7(4)5;1-5(2)6(3)7-4;1-5(2,3)6-4/h1-5H3;1-5H3;7H,1-4H3;6H,1-4H3. The molecule has 0 rings (SSSR count). The highest BCUT2D eigenvalue weighted by atomic mass is 15.1. The predicted molar refractivity (Wildman–Crippen MR) is 133 cm³/mol. The van der Waals surface area contributed by atoms with E-state index in [4.69, 9.17) is 0 Å². The molecule has 0 atom stereocenters. The van der Waals surface area contributed by atoms with Gasteiger partial charge in [-0.2, -0.15) is 0 Å². The van der Waals surface area contributed by atoms with Crippen molar-refractivity contribution in [2.45, 2.75) is 94.2 Å². The predicted octanol–water partition coefficient (Wildman–Crippen LogP) is 5.73. The lowest BCUT2D eigenvalue weighted by Gasteiger charge is -2.27. The van der Waals surface area contributed by atoms with Crippen LogP contribution in [0, 0.1) is 0 Å². The van der Waals surface area contributed by atoms with Gasteiger partial charge in [0.15, 0.2) is 0 Å². The minimum Gasteiger partial charge on any atom is -0.392 e. The summed E-state index contributed by atoms with van der Waals surface area (Å²) in [4.78, 5) is 4.31. The molecule has 0 fully saturated rings. The molecule has 0 bridgehead atoms. The van der Waals surface area contributed by atoms with Crippen LogP contribution in [0.25, 0.3) is 0 Å². The van der Waals surface area contributed by atoms with Crippen molar-refractivity contribution in [2.24, 2.45) is 0 Å². The monoisotopic (exact) mass is 400 g/mol. The van der Waals surface area contributed by atoms with Crippen LogP contribution in [0.2, 0.25) is 0 Å². The van der Waals surface area contributed by atoms with E-state index in [9.17, 15) is 0 Å². The van der Waals surface area contributed by atoms with E-state index in [1.807, 2.05) is 14.1 Å². The Hall–Kier alpha value is -1.00. The van der Waals surface area contributed by atoms with Crippen LogP contribution in [0.3, 0.4) is 0 Å². The van der Waals surface area contributed by atoms with E-state index in [0.717, 1.165) is 0 Å². The zero-order valence-electron chi connectivity index (χ0n) is 22.9. The summed E-state index contributed by atoms with van der Waals surface area (Å²) in [5.41, 5.74) is 5.97. The lowest BCUT2D eigenvalue weighted by atomic mass is 10.1. The second-order valence-electron chi connectivity index (χ2n) is 9.92. The Kier molecular flexibility index (Phi) is 20.8. The lowest BCUT2D eigenvalue weighted by molar-refractivity contribution is 0.219. The fourth-order valence-electron chi connectivity index (χ4n) is 0.697. The molecular weight excluding hydrogens is 344 g/mol. The summed E-state index contributed by atoms with van der Waals surface area (Å²) in [6.07, 6.45) is 0. The number of nitrogens with zero attached hydrogens (tertiary/aromatic N) is 2. The Morgan fingerprint density at radius 3 is 0.929 bits per heavy atom. The van der Waals surface area contributed by atoms with E-state index < -0.39 is 0 Å². The number of nitrogens with one attached hydrogen (secondary N) is 2. The molecular formula is C24H56N4. The lowest BCUT2D eigenvalue weighted by Crippen LogP contribution is -2.34. The summed E-state index contributed by atoms with van der Waals surface area (Å²) in [5.74, 6) is 0. The molecule has 0 aliphatic rings. The molecule has 0 aromatic heterocycles. The first kappa shape index (κ1) is 34.5. The maximum absolute atomic E-state index is 3.10. The first-order chi connectivity index (χ1) is 12.2. The highest BCUT2D eigenvalue weighted by Crippen LogP contribution is 2.05. The molecule has 0 aromatic rings. The van der Waals surface area contributed by atoms with Gasteiger partial charge < -0.3 is 20.4 Å². The zero-order chi connectivity index (χ0) is 23.9. The number of rotatable bonds is 2. The molecule has 4 nitrogen and oxygen atoms in total. The maximum atomic E-state index is 3.10. The normalized spacial score (nSPS) is 10.2. The molecule has 0 heterocycles. The summed E-state index contributed by atoms with van der Waals surface area (Å²) < 4.78 is 0. The van der Waals surface area contributed by atoms with Gasteiger partial charge >= 0.3 is 0 Å². The van der Waals surface area contributed by atoms with Gasteiger partial charge in [-0.05, 0) is 104 Å². The van der Waals surface area contributed by atoms with Crippen LogP contribution in [0.4, 0.5) is 0 Å². The smallest absolute Gasteiger partial charge is 0.0118 e. The molecule has 0 saturated carbocycles. The Balaban J connectivity index is -0.000000138. The van der Waals surface area contributed by atoms with Gasteiger partial charge in [-0.1, -0.05) is 11.1 Å². The highest BCUT2D eigenvalue weighted by molar-refractivity contribution is 5.04. The van der Waals surface area contributed by atoms with Crippen LogP contribution < -0.4 is 10.6 Å². The summed E-state index contributed by atoms with van der Waals surface area (Å²) >= 11 is 0. The minimum absolute atomic E-state index is 0.292. The van der Waals surface area contributed by atoms with Gasteiger partial charge in [0.1, 0.15) is 0 Å². The highest BCUT2D eigenvalue weighted by Gasteiger charge is 2.10. The third-order valence-corrected chi connectivity index (χ3v) is 4.61. The largest absolute Gasteiger partial charge is 0.392 e. The first-order valence-corrected chi connectivity index (χ1v) is 10.2. The van der Waals surface area contributed by atoms with Crippen LogP contribution in [-0.4, -0.2) is 63.2 Å². The Bertz CT molecular complexity index is 423. The third kappa shape index (κ3) is 29.8. The molecule has 0 saturated heterocycles. The van der Waals surface area contributed by atoms with Gasteiger partial charge in [-0.3, -0.25) is 0 Å². The molecule has 2 N–H and O–H groups in total. The summed E-state index contributed by atoms with van der Waals surface area (Å²) in [6, 6.07) is 0. The van der Waals surface area contributed by atoms with Crippen LogP contribution in [-0.2, 0) is 0 Å². The molecule has 0 amide bonds. The number of hydrogen-bond acceptors (Lipinski definition) is 4. The van der Waals surface area contributed by atoms with Gasteiger partial charge in [-0.25, -0.2) is 0 Å². The topological polar surface area (TPSA) is 30.5 Å². The number of hydrogen-bond donors (Lipinski definition) is 2. The quantitative estimate of drug-likeness (QED) is 0.619. The van der Waals surface area contributed by atoms with Gasteiger partial charge in [-0.15, -0.1) is 0 Å². The molecule has 0 aliphatic carbocycles. The molecule has 28 heavy (non-hydrogen) atoms. The van der Waals surface area contributed by atoms with E-state index in [1.165, 1.54) is 22.5 Å². The van der Waals surface area contributed by atoms with Crippen LogP contribution >= 0.6 is 0 Å². The van der Waals surface area contributed by atoms with E-state index in [1.54, 1.807) is 0 Å². The SMILES string of the molecule is CC(C)=C(C)N(C)C.CN(C)C(C)(C)C.CNC(C)(C)C.CNC(C)=C(C)C. The van der Waals surface area contributed by atoms with Crippen LogP contribution in [0.15, 0.2) is 22.5 Å². The van der Waals surface area contributed by atoms with Crippen molar-refractivity contribution in [1.82, 2.24) is 20.4 Å². The van der Waals surface area contributed by atoms with E-state index in [2.05, 4.69) is 132 Å². The molecule has 4 heteroatoms. The van der Waals surface area contributed by atoms with Crippen molar-refractivity contribution in [3.63, 3.8) is 0 Å². The molecule has 0 radical (unpaired) electrons. The Morgan fingerprint density at radius 1 is 0.643 bits per heavy atom. The first-order valence-electron chi connectivity index (χ1n) is 10.2. The fourth-order valence-corrected chi connectivity index (χ4v) is 0.697. The van der Waals surface area contributed by atoms with E-state index >= 15 is 0 Å². The van der Waals surface area contributed by atoms with Crippen molar-refractivity contribution < 1.29 is 0 Å². The van der Waals surface area contributed by atoms with Crippen molar-refractivity contribution in [2.75, 3.05) is 42.3 Å². The van der Waals surface area contributed by atoms with Crippen LogP contribution in [0.1, 0.15) is 83.1 Å². The summed E-state index contributed by atoms with van der Waals surface area (Å²) in [7, 11) is 12.2. The van der Waals surface area contributed by atoms with E-state index in [0.29, 0.717) is 11.1 Å². The molecule has 172 valence electrons. The second kappa shape index (κ2) is 16.9. The van der Waals surface area contributed by atoms with Gasteiger partial charge in [0.25, 0.3) is 0 Å². The Labute approximate surface area is 179 Å². The zero-order valence-corrected chi connectivity index (χ0v) is 22.9. The average molecular weight is 401 g/mol. The van der Waals surface area contributed by atoms with Crippen molar-refractivity contribution >= 4 is 0 Å². The minimum atomic E-state index is 0.292. The third-order valence-electron chi connectivity index (χ3n) is 4.61. The molecule has 0 aromatic carbocycles. The fraction of sp³-hybridized carbons (Fsp3) is 0.833. The maximum Gasteiger partial charge on any atom is 0.0118 e. The molecule has 0 spiro atoms. The van der Waals surface area contributed by atoms with Gasteiger partial charge in [0.05, 0.1) is 0 Å². The van der Waals surface area contributed by atoms with Gasteiger partial charge in [0.2, 0.25) is 0 Å². The summed E-state index contributed by atoms with van der Waals surface area (Å²) in [6.45, 7) is 25.6. The van der Waals surface area contributed by atoms with Crippen molar-refractivity contribution in [3.05, 3.63) is 22.5 Å². The van der Waals surface area contributed by atoms with Crippen molar-refractivity contribution in [3.8, 4) is 0 Å². The second-order valence-corrected chi connectivity index (χ2v) is 9.92. The average Bonchev–Trinajstić information content (AvgIpc) is 2.53. The molecule has 0 aliphatic heterocycles. The van der Waals surface area contributed by atoms with Crippen molar-refractivity contribution in [1.29, 1.82) is 0 Å². The Morgan fingerprint density at radius 2 is 0.929 bits per heavy atom. The number of allylic oxidation sites excluding steroid dienone is 4. The van der Waals surface area contributed by atoms with E-state index in [-0.39, 0.29) is 0 Å². The summed E-state index contributed by atoms with van der Waals surface area (Å²) in [5, 5.41) is 6.15. The van der Waals surface area contributed by atoms with Gasteiger partial charge in [0, 0.05) is 43.6 Å². The molecule has 0 unspecified atom stereocenters.